The molecule has 4 nitrogen and oxygen atoms in total. The van der Waals surface area contributed by atoms with Gasteiger partial charge in [0.25, 0.3) is 0 Å². The van der Waals surface area contributed by atoms with Crippen LogP contribution in [0.25, 0.3) is 11.1 Å². The molecule has 0 bridgehead atoms. The maximum Gasteiger partial charge on any atom is 0.410 e. The largest absolute Gasteiger partial charge is 0.448 e. The van der Waals surface area contributed by atoms with Crippen LogP contribution in [0, 0.1) is 0 Å². The number of ether oxygens (including phenoxy) is 1. The van der Waals surface area contributed by atoms with E-state index in [2.05, 4.69) is 67.7 Å². The van der Waals surface area contributed by atoms with Gasteiger partial charge in [0.05, 0.1) is 8.52 Å². The number of halogens is 1. The molecule has 5 heteroatoms. The van der Waals surface area contributed by atoms with Gasteiger partial charge >= 0.3 is 6.09 Å². The Bertz CT molecular complexity index is 858. The van der Waals surface area contributed by atoms with Gasteiger partial charge in [0.1, 0.15) is 6.61 Å². The smallest absolute Gasteiger partial charge is 0.410 e. The number of nitrogens with one attached hydrogen (secondary N) is 1. The second-order valence-electron chi connectivity index (χ2n) is 8.90. The zero-order valence-electron chi connectivity index (χ0n) is 21.1. The van der Waals surface area contributed by atoms with E-state index in [-0.39, 0.29) is 12.0 Å². The number of rotatable bonds is 4. The first-order chi connectivity index (χ1) is 16.6. The van der Waals surface area contributed by atoms with Gasteiger partial charge in [0.2, 0.25) is 0 Å². The summed E-state index contributed by atoms with van der Waals surface area (Å²) in [6.45, 7) is 6.87. The Kier molecular flexibility index (Phi) is 9.17. The van der Waals surface area contributed by atoms with Crippen LogP contribution in [0.3, 0.4) is 0 Å². The van der Waals surface area contributed by atoms with Crippen LogP contribution in [0.5, 0.6) is 0 Å². The summed E-state index contributed by atoms with van der Waals surface area (Å²) in [7, 11) is -1.00. The molecule has 2 aliphatic heterocycles. The molecule has 2 fully saturated rings. The fourth-order valence-corrected chi connectivity index (χ4v) is 5.28. The fraction of sp³-hybridized carbons (Fsp3) is 0.536. The summed E-state index contributed by atoms with van der Waals surface area (Å²) in [6.07, 6.45) is 7.13. The van der Waals surface area contributed by atoms with Crippen LogP contribution < -0.4 is 5.32 Å². The Hall–Kier alpha value is -2.40. The number of alkyl halides is 1. The molecule has 2 unspecified atom stereocenters. The van der Waals surface area contributed by atoms with E-state index in [1.165, 1.54) is 48.1 Å². The van der Waals surface area contributed by atoms with Gasteiger partial charge < -0.3 is 15.0 Å². The quantitative estimate of drug-likeness (QED) is 0.569. The highest BCUT2D eigenvalue weighted by atomic mass is 19.1. The van der Waals surface area contributed by atoms with Crippen LogP contribution in [0.2, 0.25) is 0 Å². The summed E-state index contributed by atoms with van der Waals surface area (Å²) < 4.78 is 21.2. The molecule has 1 N–H and O–H groups in total. The van der Waals surface area contributed by atoms with Crippen molar-refractivity contribution in [2.24, 2.45) is 0 Å². The number of benzene rings is 2. The van der Waals surface area contributed by atoms with Gasteiger partial charge in [-0.3, -0.25) is 4.39 Å². The summed E-state index contributed by atoms with van der Waals surface area (Å²) in [5, 5.41) is 3.41. The van der Waals surface area contributed by atoms with Gasteiger partial charge in [-0.1, -0.05) is 62.4 Å². The molecule has 0 radical (unpaired) electrons. The van der Waals surface area contributed by atoms with Gasteiger partial charge in [-0.15, -0.1) is 0 Å². The van der Waals surface area contributed by atoms with Crippen molar-refractivity contribution in [1.82, 2.24) is 10.2 Å². The SMILES string of the molecule is CCC1CCCN1.CCC1CCCN1C(=O)OCC1c2ccccc2-c2ccccc21.[2H]CF. The molecule has 2 aromatic rings. The maximum absolute atomic E-state index is 12.5. The third-order valence-electron chi connectivity index (χ3n) is 7.07. The highest BCUT2D eigenvalue weighted by molar-refractivity contribution is 5.79. The summed E-state index contributed by atoms with van der Waals surface area (Å²) in [6, 6.07) is 18.1. The van der Waals surface area contributed by atoms with Crippen LogP contribution in [0.1, 0.15) is 70.8 Å². The number of carbonyl (C=O) groups is 1. The number of nitrogens with zero attached hydrogens (tertiary/aromatic N) is 1. The van der Waals surface area contributed by atoms with Gasteiger partial charge in [0.15, 0.2) is 0 Å². The van der Waals surface area contributed by atoms with Crippen molar-refractivity contribution in [2.75, 3.05) is 26.8 Å². The number of hydrogen-bond acceptors (Lipinski definition) is 3. The molecular formula is C28H39FN2O2. The van der Waals surface area contributed by atoms with Gasteiger partial charge in [-0.05, 0) is 67.3 Å². The molecule has 2 saturated heterocycles. The van der Waals surface area contributed by atoms with Crippen LogP contribution in [0.15, 0.2) is 48.5 Å². The first kappa shape index (κ1) is 23.7. The highest BCUT2D eigenvalue weighted by Gasteiger charge is 2.32. The molecule has 2 atom stereocenters. The molecule has 2 aromatic carbocycles. The number of likely N-dealkylation sites (tertiary alicyclic amines) is 1. The Balaban J connectivity index is 0.000000272. The lowest BCUT2D eigenvalue weighted by Crippen LogP contribution is -2.36. The molecule has 2 heterocycles. The molecule has 33 heavy (non-hydrogen) atoms. The molecule has 180 valence electrons. The lowest BCUT2D eigenvalue weighted by molar-refractivity contribution is 0.0950. The molecule has 3 aliphatic rings. The predicted octanol–water partition coefficient (Wildman–Crippen LogP) is 6.54. The molecule has 1 amide bonds. The second kappa shape index (κ2) is 12.7. The van der Waals surface area contributed by atoms with Crippen LogP contribution in [0.4, 0.5) is 9.18 Å². The van der Waals surface area contributed by atoms with Crippen molar-refractivity contribution in [3.8, 4) is 11.1 Å². The number of carbonyl (C=O) groups excluding carboxylic acids is 1. The van der Waals surface area contributed by atoms with Crippen molar-refractivity contribution >= 4 is 6.09 Å². The van der Waals surface area contributed by atoms with Gasteiger partial charge in [0, 0.05) is 24.5 Å². The molecular weight excluding hydrogens is 415 g/mol. The Morgan fingerprint density at radius 2 is 1.70 bits per heavy atom. The fourth-order valence-electron chi connectivity index (χ4n) is 5.28. The average Bonchev–Trinajstić information content (AvgIpc) is 3.63. The van der Waals surface area contributed by atoms with Crippen molar-refractivity contribution in [3.05, 3.63) is 59.7 Å². The number of amides is 1. The van der Waals surface area contributed by atoms with Crippen LogP contribution in [-0.2, 0) is 4.74 Å². The van der Waals surface area contributed by atoms with Crippen molar-refractivity contribution in [2.45, 2.75) is 70.4 Å². The highest BCUT2D eigenvalue weighted by Crippen LogP contribution is 2.44. The Morgan fingerprint density at radius 3 is 2.21 bits per heavy atom. The topological polar surface area (TPSA) is 41.6 Å². The minimum atomic E-state index is -1.00. The van der Waals surface area contributed by atoms with Crippen LogP contribution in [-0.4, -0.2) is 49.9 Å². The van der Waals surface area contributed by atoms with E-state index >= 15 is 0 Å². The minimum absolute atomic E-state index is 0.143. The summed E-state index contributed by atoms with van der Waals surface area (Å²) in [5.41, 5.74) is 5.06. The summed E-state index contributed by atoms with van der Waals surface area (Å²) in [5.74, 6) is 0.143. The van der Waals surface area contributed by atoms with Crippen molar-refractivity contribution < 1.29 is 15.3 Å². The number of fused-ring (bicyclic) bond motifs is 3. The average molecular weight is 456 g/mol. The van der Waals surface area contributed by atoms with Crippen molar-refractivity contribution in [1.29, 1.82) is 0 Å². The molecule has 0 saturated carbocycles. The van der Waals surface area contributed by atoms with Gasteiger partial charge in [-0.2, -0.15) is 0 Å². The monoisotopic (exact) mass is 455 g/mol. The molecule has 5 rings (SSSR count). The third-order valence-corrected chi connectivity index (χ3v) is 7.07. The van der Waals surface area contributed by atoms with E-state index in [9.17, 15) is 9.18 Å². The first-order valence-corrected chi connectivity index (χ1v) is 12.3. The summed E-state index contributed by atoms with van der Waals surface area (Å²) >= 11 is 0. The first-order valence-electron chi connectivity index (χ1n) is 13.0. The van der Waals surface area contributed by atoms with E-state index in [1.807, 2.05) is 4.90 Å². The molecule has 1 aliphatic carbocycles. The predicted molar refractivity (Wildman–Crippen MR) is 133 cm³/mol. The Labute approximate surface area is 199 Å². The van der Waals surface area contributed by atoms with E-state index in [0.717, 1.165) is 31.8 Å². The summed E-state index contributed by atoms with van der Waals surface area (Å²) in [4.78, 5) is 14.4. The number of hydrogen-bond donors (Lipinski definition) is 1. The van der Waals surface area contributed by atoms with Crippen molar-refractivity contribution in [3.63, 3.8) is 0 Å². The third kappa shape index (κ3) is 5.94. The second-order valence-corrected chi connectivity index (χ2v) is 8.90. The van der Waals surface area contributed by atoms with E-state index in [4.69, 9.17) is 6.11 Å². The molecule has 0 spiro atoms. The zero-order chi connectivity index (χ0) is 24.3. The lowest BCUT2D eigenvalue weighted by Gasteiger charge is -2.24. The standard InChI is InChI=1S/C21H23NO2.C6H13N.CH3F/c1-2-15-8-7-13-22(15)21(23)24-14-20-18-11-5-3-9-16(18)17-10-4-6-12-19(17)20;1-2-6-4-3-5-7-6;1-2/h3-6,9-12,15,20H,2,7-8,13-14H2,1H3;6-7H,2-5H2,1H3;1H3/i;;1D. The lowest BCUT2D eigenvalue weighted by atomic mass is 9.98. The van der Waals surface area contributed by atoms with E-state index in [0.29, 0.717) is 12.6 Å². The molecule has 0 aromatic heterocycles. The van der Waals surface area contributed by atoms with Gasteiger partial charge in [-0.25, -0.2) is 4.79 Å². The zero-order valence-corrected chi connectivity index (χ0v) is 20.1. The normalized spacial score (nSPS) is 21.2. The van der Waals surface area contributed by atoms with E-state index in [1.54, 1.807) is 0 Å². The Morgan fingerprint density at radius 1 is 1.06 bits per heavy atom. The maximum atomic E-state index is 12.5. The van der Waals surface area contributed by atoms with Crippen LogP contribution >= 0.6 is 0 Å². The van der Waals surface area contributed by atoms with E-state index < -0.39 is 7.15 Å². The minimum Gasteiger partial charge on any atom is -0.448 e.